The number of aliphatic carboxylic acids is 1. The average molecular weight is 600 g/mol. The summed E-state index contributed by atoms with van der Waals surface area (Å²) in [6.07, 6.45) is -0.621. The standard InChI is InChI=1S/C30H37N3O8S/c1-19(31)16-24(34)8-7-9-25(35)17-22-12-14-23(15-13-22)18-27(30(37)38)32-29(36)28-20(2)41-21(3)33(28)42(39,40)26-10-5-4-6-11-26/h4-6,10-15,20-21,27-28,31H,7-9,16-18H2,1-3H3,(H,32,36)(H,37,38)/t20?,21?,27-,28-/m0/s1. The van der Waals surface area contributed by atoms with E-state index in [1.807, 2.05) is 0 Å². The second-order valence-electron chi connectivity index (χ2n) is 10.5. The quantitative estimate of drug-likeness (QED) is 0.262. The maximum Gasteiger partial charge on any atom is 0.326 e. The number of hydrogen-bond acceptors (Lipinski definition) is 8. The Balaban J connectivity index is 1.62. The predicted molar refractivity (Wildman–Crippen MR) is 155 cm³/mol. The molecule has 1 aliphatic rings. The third-order valence-corrected chi connectivity index (χ3v) is 8.88. The van der Waals surface area contributed by atoms with Gasteiger partial charge in [0.05, 0.1) is 11.0 Å². The van der Waals surface area contributed by atoms with Crippen molar-refractivity contribution in [2.45, 2.75) is 88.6 Å². The molecule has 1 fully saturated rings. The summed E-state index contributed by atoms with van der Waals surface area (Å²) in [5.41, 5.74) is 1.63. The van der Waals surface area contributed by atoms with E-state index in [1.165, 1.54) is 19.1 Å². The zero-order chi connectivity index (χ0) is 31.0. The highest BCUT2D eigenvalue weighted by Crippen LogP contribution is 2.30. The largest absolute Gasteiger partial charge is 0.480 e. The van der Waals surface area contributed by atoms with Gasteiger partial charge in [0.25, 0.3) is 0 Å². The summed E-state index contributed by atoms with van der Waals surface area (Å²) in [4.78, 5) is 49.4. The van der Waals surface area contributed by atoms with Gasteiger partial charge in [-0.05, 0) is 50.5 Å². The minimum atomic E-state index is -4.11. The first-order valence-corrected chi connectivity index (χ1v) is 15.2. The number of carbonyl (C=O) groups is 4. The fraction of sp³-hybridized carbons (Fsp3) is 0.433. The number of benzene rings is 2. The zero-order valence-corrected chi connectivity index (χ0v) is 24.7. The molecule has 42 heavy (non-hydrogen) atoms. The molecule has 4 atom stereocenters. The Morgan fingerprint density at radius 3 is 2.17 bits per heavy atom. The summed E-state index contributed by atoms with van der Waals surface area (Å²) in [7, 11) is -4.11. The monoisotopic (exact) mass is 599 g/mol. The summed E-state index contributed by atoms with van der Waals surface area (Å²) >= 11 is 0. The summed E-state index contributed by atoms with van der Waals surface area (Å²) in [6.45, 7) is 4.65. The van der Waals surface area contributed by atoms with Crippen LogP contribution in [-0.2, 0) is 46.8 Å². The van der Waals surface area contributed by atoms with Crippen molar-refractivity contribution in [1.82, 2.24) is 9.62 Å². The van der Waals surface area contributed by atoms with Gasteiger partial charge in [-0.25, -0.2) is 13.2 Å². The second kappa shape index (κ2) is 14.4. The van der Waals surface area contributed by atoms with Gasteiger partial charge < -0.3 is 20.6 Å². The van der Waals surface area contributed by atoms with Gasteiger partial charge in [0.2, 0.25) is 15.9 Å². The van der Waals surface area contributed by atoms with Crippen LogP contribution in [0.2, 0.25) is 0 Å². The highest BCUT2D eigenvalue weighted by molar-refractivity contribution is 7.89. The molecule has 0 saturated carbocycles. The summed E-state index contributed by atoms with van der Waals surface area (Å²) in [6, 6.07) is 11.8. The number of amides is 1. The van der Waals surface area contributed by atoms with Gasteiger partial charge in [-0.2, -0.15) is 4.31 Å². The number of carboxylic acids is 1. The maximum atomic E-state index is 13.4. The number of carbonyl (C=O) groups excluding carboxylic acids is 3. The number of nitrogens with one attached hydrogen (secondary N) is 2. The molecule has 1 saturated heterocycles. The van der Waals surface area contributed by atoms with E-state index >= 15 is 0 Å². The van der Waals surface area contributed by atoms with Gasteiger partial charge in [0.1, 0.15) is 29.9 Å². The first-order valence-electron chi connectivity index (χ1n) is 13.7. The molecular formula is C30H37N3O8S. The van der Waals surface area contributed by atoms with Crippen molar-refractivity contribution in [3.05, 3.63) is 65.7 Å². The molecule has 2 aromatic rings. The lowest BCUT2D eigenvalue weighted by Gasteiger charge is -2.27. The number of carboxylic acid groups (broad SMARTS) is 1. The van der Waals surface area contributed by atoms with Gasteiger partial charge in [-0.3, -0.25) is 14.4 Å². The van der Waals surface area contributed by atoms with Crippen molar-refractivity contribution >= 4 is 39.2 Å². The lowest BCUT2D eigenvalue weighted by Crippen LogP contribution is -2.54. The fourth-order valence-corrected chi connectivity index (χ4v) is 6.69. The summed E-state index contributed by atoms with van der Waals surface area (Å²) < 4.78 is 33.3. The van der Waals surface area contributed by atoms with Gasteiger partial charge >= 0.3 is 5.97 Å². The predicted octanol–water partition coefficient (Wildman–Crippen LogP) is 2.90. The van der Waals surface area contributed by atoms with Gasteiger partial charge in [-0.1, -0.05) is 42.5 Å². The molecule has 0 bridgehead atoms. The normalized spacial score (nSPS) is 19.6. The van der Waals surface area contributed by atoms with E-state index < -0.39 is 46.3 Å². The third kappa shape index (κ3) is 8.63. The Morgan fingerprint density at radius 2 is 1.57 bits per heavy atom. The van der Waals surface area contributed by atoms with Crippen LogP contribution in [-0.4, -0.2) is 71.4 Å². The number of hydrogen-bond donors (Lipinski definition) is 3. The van der Waals surface area contributed by atoms with Crippen LogP contribution >= 0.6 is 0 Å². The van der Waals surface area contributed by atoms with Crippen LogP contribution in [0.15, 0.2) is 59.5 Å². The van der Waals surface area contributed by atoms with Crippen LogP contribution in [0.25, 0.3) is 0 Å². The zero-order valence-electron chi connectivity index (χ0n) is 23.9. The minimum absolute atomic E-state index is 0.00734. The van der Waals surface area contributed by atoms with Crippen molar-refractivity contribution in [2.75, 3.05) is 0 Å². The van der Waals surface area contributed by atoms with Gasteiger partial charge in [0.15, 0.2) is 0 Å². The van der Waals surface area contributed by atoms with Crippen molar-refractivity contribution in [3.63, 3.8) is 0 Å². The smallest absolute Gasteiger partial charge is 0.326 e. The second-order valence-corrected chi connectivity index (χ2v) is 12.4. The summed E-state index contributed by atoms with van der Waals surface area (Å²) in [5, 5.41) is 19.7. The molecule has 0 spiro atoms. The number of ether oxygens (including phenoxy) is 1. The molecule has 1 aliphatic heterocycles. The van der Waals surface area contributed by atoms with Gasteiger partial charge in [0, 0.05) is 37.8 Å². The topological polar surface area (TPSA) is 171 Å². The average Bonchev–Trinajstić information content (AvgIpc) is 3.23. The Hall–Kier alpha value is -3.74. The molecule has 2 unspecified atom stereocenters. The van der Waals surface area contributed by atoms with E-state index in [-0.39, 0.29) is 48.6 Å². The number of Topliss-reactive ketones (excluding diaryl/α,β-unsaturated/α-hetero) is 2. The Morgan fingerprint density at radius 1 is 0.976 bits per heavy atom. The van der Waals surface area contributed by atoms with Crippen molar-refractivity contribution < 1.29 is 37.4 Å². The van der Waals surface area contributed by atoms with Crippen molar-refractivity contribution in [2.24, 2.45) is 0 Å². The van der Waals surface area contributed by atoms with E-state index in [4.69, 9.17) is 10.1 Å². The van der Waals surface area contributed by atoms with Crippen molar-refractivity contribution in [3.8, 4) is 0 Å². The molecule has 0 aliphatic carbocycles. The lowest BCUT2D eigenvalue weighted by molar-refractivity contribution is -0.142. The first-order chi connectivity index (χ1) is 19.8. The number of sulfonamides is 1. The lowest BCUT2D eigenvalue weighted by atomic mass is 9.99. The molecule has 3 rings (SSSR count). The molecule has 3 N–H and O–H groups in total. The third-order valence-electron chi connectivity index (χ3n) is 6.93. The van der Waals surface area contributed by atoms with E-state index in [1.54, 1.807) is 56.3 Å². The Labute approximate surface area is 245 Å². The molecule has 2 aromatic carbocycles. The molecule has 1 heterocycles. The van der Waals surface area contributed by atoms with Gasteiger partial charge in [-0.15, -0.1) is 0 Å². The van der Waals surface area contributed by atoms with Crippen LogP contribution in [0.1, 0.15) is 57.6 Å². The Bertz CT molecular complexity index is 1410. The van der Waals surface area contributed by atoms with Crippen molar-refractivity contribution in [1.29, 1.82) is 5.41 Å². The molecule has 11 nitrogen and oxygen atoms in total. The van der Waals surface area contributed by atoms with Crippen LogP contribution < -0.4 is 5.32 Å². The van der Waals surface area contributed by atoms with Crippen LogP contribution in [0.4, 0.5) is 0 Å². The molecule has 0 aromatic heterocycles. The SMILES string of the molecule is CC(=N)CC(=O)CCCC(=O)Cc1ccc(C[C@H](NC(=O)[C@@H]2C(C)OC(C)N2S(=O)(=O)c2ccccc2)C(=O)O)cc1. The van der Waals surface area contributed by atoms with E-state index in [2.05, 4.69) is 5.32 Å². The number of rotatable bonds is 15. The van der Waals surface area contributed by atoms with E-state index in [0.717, 1.165) is 9.87 Å². The van der Waals surface area contributed by atoms with E-state index in [9.17, 15) is 32.7 Å². The van der Waals surface area contributed by atoms with Crippen LogP contribution in [0.3, 0.4) is 0 Å². The highest BCUT2D eigenvalue weighted by atomic mass is 32.2. The minimum Gasteiger partial charge on any atom is -0.480 e. The van der Waals surface area contributed by atoms with Crippen LogP contribution in [0, 0.1) is 5.41 Å². The molecule has 12 heteroatoms. The molecule has 226 valence electrons. The molecule has 0 radical (unpaired) electrons. The highest BCUT2D eigenvalue weighted by Gasteiger charge is 2.49. The summed E-state index contributed by atoms with van der Waals surface area (Å²) in [5.74, 6) is -2.16. The van der Waals surface area contributed by atoms with E-state index in [0.29, 0.717) is 17.7 Å². The molecular weight excluding hydrogens is 562 g/mol. The molecule has 1 amide bonds. The maximum absolute atomic E-state index is 13.4. The first kappa shape index (κ1) is 32.8. The van der Waals surface area contributed by atoms with Crippen LogP contribution in [0.5, 0.6) is 0 Å². The Kier molecular flexibility index (Phi) is 11.3. The number of nitrogens with zero attached hydrogens (tertiary/aromatic N) is 1. The fourth-order valence-electron chi connectivity index (χ4n) is 4.93. The number of ketones is 2.